The monoisotopic (exact) mass is 360 g/mol. The fourth-order valence-electron chi connectivity index (χ4n) is 4.89. The van der Waals surface area contributed by atoms with Crippen molar-refractivity contribution in [1.29, 1.82) is 0 Å². The molecule has 0 spiro atoms. The highest BCUT2D eigenvalue weighted by molar-refractivity contribution is 7.98. The summed E-state index contributed by atoms with van der Waals surface area (Å²) in [4.78, 5) is 34.5. The number of amides is 2. The second-order valence-corrected chi connectivity index (χ2v) is 8.20. The van der Waals surface area contributed by atoms with Gasteiger partial charge in [0, 0.05) is 42.6 Å². The lowest BCUT2D eigenvalue weighted by atomic mass is 9.72. The second kappa shape index (κ2) is 6.52. The summed E-state index contributed by atoms with van der Waals surface area (Å²) in [6, 6.07) is 3.81. The minimum absolute atomic E-state index is 0.0941. The Morgan fingerprint density at radius 2 is 2.12 bits per heavy atom. The SMILES string of the molecule is CSc1ccc(N2C[C@H]3C[C@@H](C2)[C@H](C(N)=O)N2C(=O)CCC[C@@H]32)nc1. The summed E-state index contributed by atoms with van der Waals surface area (Å²) in [7, 11) is 0. The van der Waals surface area contributed by atoms with Crippen LogP contribution in [0.1, 0.15) is 25.7 Å². The second-order valence-electron chi connectivity index (χ2n) is 7.32. The van der Waals surface area contributed by atoms with Crippen LogP contribution in [-0.2, 0) is 9.59 Å². The van der Waals surface area contributed by atoms with Gasteiger partial charge < -0.3 is 15.5 Å². The summed E-state index contributed by atoms with van der Waals surface area (Å²) in [5.41, 5.74) is 5.72. The lowest BCUT2D eigenvalue weighted by Gasteiger charge is -2.55. The molecular formula is C18H24N4O2S. The van der Waals surface area contributed by atoms with Crippen molar-refractivity contribution in [3.05, 3.63) is 18.3 Å². The number of primary amides is 1. The molecule has 0 aliphatic carbocycles. The van der Waals surface area contributed by atoms with Gasteiger partial charge in [-0.25, -0.2) is 4.98 Å². The van der Waals surface area contributed by atoms with Crippen molar-refractivity contribution in [1.82, 2.24) is 9.88 Å². The molecule has 1 aromatic rings. The Kier molecular flexibility index (Phi) is 4.35. The summed E-state index contributed by atoms with van der Waals surface area (Å²) in [6.45, 7) is 1.62. The number of piperidine rings is 3. The van der Waals surface area contributed by atoms with Crippen LogP contribution in [0.3, 0.4) is 0 Å². The maximum atomic E-state index is 12.5. The predicted octanol–water partition coefficient (Wildman–Crippen LogP) is 1.49. The Hall–Kier alpha value is -1.76. The standard InChI is InChI=1S/C18H24N4O2S/c1-25-13-5-6-15(20-8-13)21-9-11-7-12(10-21)17(18(19)24)22-14(11)3-2-4-16(22)23/h5-6,8,11-12,14,17H,2-4,7,9-10H2,1H3,(H2,19,24)/t11-,12+,14+,17-/m1/s1. The minimum Gasteiger partial charge on any atom is -0.368 e. The van der Waals surface area contributed by atoms with E-state index in [4.69, 9.17) is 5.73 Å². The highest BCUT2D eigenvalue weighted by Crippen LogP contribution is 2.42. The number of anilines is 1. The molecule has 7 heteroatoms. The summed E-state index contributed by atoms with van der Waals surface area (Å²) in [6.07, 6.45) is 7.33. The number of nitrogens with zero attached hydrogens (tertiary/aromatic N) is 3. The number of carbonyl (C=O) groups excluding carboxylic acids is 2. The zero-order valence-electron chi connectivity index (χ0n) is 14.4. The molecule has 3 fully saturated rings. The molecule has 1 aromatic heterocycles. The topological polar surface area (TPSA) is 79.5 Å². The molecule has 25 heavy (non-hydrogen) atoms. The van der Waals surface area contributed by atoms with E-state index in [9.17, 15) is 9.59 Å². The van der Waals surface area contributed by atoms with Gasteiger partial charge in [-0.05, 0) is 43.6 Å². The average Bonchev–Trinajstić information content (AvgIpc) is 2.62. The van der Waals surface area contributed by atoms with Crippen LogP contribution in [0.4, 0.5) is 5.82 Å². The number of aromatic nitrogens is 1. The fourth-order valence-corrected chi connectivity index (χ4v) is 5.25. The van der Waals surface area contributed by atoms with Crippen LogP contribution < -0.4 is 10.6 Å². The third-order valence-corrected chi connectivity index (χ3v) is 6.63. The van der Waals surface area contributed by atoms with E-state index in [-0.39, 0.29) is 23.8 Å². The van der Waals surface area contributed by atoms with E-state index in [0.717, 1.165) is 43.1 Å². The number of carbonyl (C=O) groups is 2. The van der Waals surface area contributed by atoms with Crippen molar-refractivity contribution in [2.45, 2.75) is 42.7 Å². The molecule has 2 amide bonds. The zero-order chi connectivity index (χ0) is 17.6. The molecule has 0 unspecified atom stereocenters. The quantitative estimate of drug-likeness (QED) is 0.826. The first-order valence-electron chi connectivity index (χ1n) is 8.94. The summed E-state index contributed by atoms with van der Waals surface area (Å²) >= 11 is 1.67. The fraction of sp³-hybridized carbons (Fsp3) is 0.611. The third kappa shape index (κ3) is 2.88. The average molecular weight is 360 g/mol. The van der Waals surface area contributed by atoms with E-state index >= 15 is 0 Å². The van der Waals surface area contributed by atoms with Crippen molar-refractivity contribution in [2.75, 3.05) is 24.2 Å². The van der Waals surface area contributed by atoms with Gasteiger partial charge in [-0.1, -0.05) is 0 Å². The summed E-state index contributed by atoms with van der Waals surface area (Å²) in [5, 5.41) is 0. The van der Waals surface area contributed by atoms with Gasteiger partial charge in [-0.2, -0.15) is 0 Å². The third-order valence-electron chi connectivity index (χ3n) is 5.91. The predicted molar refractivity (Wildman–Crippen MR) is 97.3 cm³/mol. The number of fused-ring (bicyclic) bond motifs is 4. The van der Waals surface area contributed by atoms with E-state index in [0.29, 0.717) is 12.3 Å². The van der Waals surface area contributed by atoms with Gasteiger partial charge in [0.05, 0.1) is 0 Å². The number of rotatable bonds is 3. The molecule has 0 aromatic carbocycles. The molecule has 3 aliphatic rings. The maximum Gasteiger partial charge on any atom is 0.240 e. The van der Waals surface area contributed by atoms with Crippen LogP contribution in [0.2, 0.25) is 0 Å². The number of pyridine rings is 1. The van der Waals surface area contributed by atoms with Crippen molar-refractivity contribution in [2.24, 2.45) is 17.6 Å². The number of thioether (sulfide) groups is 1. The molecule has 3 saturated heterocycles. The van der Waals surface area contributed by atoms with E-state index in [1.54, 1.807) is 11.8 Å². The van der Waals surface area contributed by atoms with Crippen molar-refractivity contribution >= 4 is 29.4 Å². The van der Waals surface area contributed by atoms with Crippen LogP contribution in [0, 0.1) is 11.8 Å². The zero-order valence-corrected chi connectivity index (χ0v) is 15.2. The van der Waals surface area contributed by atoms with Crippen molar-refractivity contribution in [3.8, 4) is 0 Å². The number of hydrogen-bond acceptors (Lipinski definition) is 5. The van der Waals surface area contributed by atoms with Crippen LogP contribution in [0.5, 0.6) is 0 Å². The maximum absolute atomic E-state index is 12.5. The Bertz CT molecular complexity index is 680. The first-order valence-corrected chi connectivity index (χ1v) is 10.2. The molecule has 3 aliphatic heterocycles. The van der Waals surface area contributed by atoms with Gasteiger partial charge >= 0.3 is 0 Å². The van der Waals surface area contributed by atoms with Gasteiger partial charge in [0.15, 0.2) is 0 Å². The summed E-state index contributed by atoms with van der Waals surface area (Å²) < 4.78 is 0. The van der Waals surface area contributed by atoms with E-state index in [2.05, 4.69) is 22.0 Å². The Labute approximate surface area is 152 Å². The molecule has 2 N–H and O–H groups in total. The summed E-state index contributed by atoms with van der Waals surface area (Å²) in [5.74, 6) is 1.17. The normalized spacial score (nSPS) is 31.6. The van der Waals surface area contributed by atoms with Crippen LogP contribution in [0.25, 0.3) is 0 Å². The molecule has 4 heterocycles. The van der Waals surface area contributed by atoms with Gasteiger partial charge in [0.1, 0.15) is 11.9 Å². The largest absolute Gasteiger partial charge is 0.368 e. The highest BCUT2D eigenvalue weighted by Gasteiger charge is 2.51. The molecule has 4 rings (SSSR count). The molecule has 0 radical (unpaired) electrons. The molecule has 6 nitrogen and oxygen atoms in total. The molecule has 2 bridgehead atoms. The van der Waals surface area contributed by atoms with Crippen LogP contribution in [-0.4, -0.2) is 53.1 Å². The Morgan fingerprint density at radius 1 is 1.32 bits per heavy atom. The Balaban J connectivity index is 1.63. The van der Waals surface area contributed by atoms with Gasteiger partial charge in [-0.3, -0.25) is 9.59 Å². The van der Waals surface area contributed by atoms with Gasteiger partial charge in [-0.15, -0.1) is 11.8 Å². The van der Waals surface area contributed by atoms with Gasteiger partial charge in [0.2, 0.25) is 11.8 Å². The highest BCUT2D eigenvalue weighted by atomic mass is 32.2. The van der Waals surface area contributed by atoms with Crippen molar-refractivity contribution in [3.63, 3.8) is 0 Å². The number of nitrogens with two attached hydrogens (primary N) is 1. The van der Waals surface area contributed by atoms with E-state index in [1.165, 1.54) is 0 Å². The lowest BCUT2D eigenvalue weighted by Crippen LogP contribution is -2.68. The minimum atomic E-state index is -0.470. The van der Waals surface area contributed by atoms with E-state index in [1.807, 2.05) is 17.4 Å². The number of hydrogen-bond donors (Lipinski definition) is 1. The smallest absolute Gasteiger partial charge is 0.240 e. The molecule has 0 saturated carbocycles. The lowest BCUT2D eigenvalue weighted by molar-refractivity contribution is -0.155. The first-order chi connectivity index (χ1) is 12.1. The molecule has 4 atom stereocenters. The molecular weight excluding hydrogens is 336 g/mol. The van der Waals surface area contributed by atoms with E-state index < -0.39 is 6.04 Å². The van der Waals surface area contributed by atoms with Gasteiger partial charge in [0.25, 0.3) is 0 Å². The molecule has 134 valence electrons. The van der Waals surface area contributed by atoms with Crippen LogP contribution in [0.15, 0.2) is 23.2 Å². The van der Waals surface area contributed by atoms with Crippen LogP contribution >= 0.6 is 11.8 Å². The van der Waals surface area contributed by atoms with Crippen molar-refractivity contribution < 1.29 is 9.59 Å². The Morgan fingerprint density at radius 3 is 2.80 bits per heavy atom. The first kappa shape index (κ1) is 16.7.